The molecular weight excluding hydrogens is 406 g/mol. The van der Waals surface area contributed by atoms with Gasteiger partial charge >= 0.3 is 0 Å². The van der Waals surface area contributed by atoms with Crippen molar-refractivity contribution in [2.45, 2.75) is 32.2 Å². The van der Waals surface area contributed by atoms with Crippen molar-refractivity contribution in [3.8, 4) is 11.8 Å². The van der Waals surface area contributed by atoms with Crippen LogP contribution in [0.4, 0.5) is 0 Å². The maximum absolute atomic E-state index is 12.2. The van der Waals surface area contributed by atoms with E-state index in [1.165, 1.54) is 12.5 Å². The number of benzene rings is 2. The highest BCUT2D eigenvalue weighted by atomic mass is 16.3. The number of ketones is 1. The Bertz CT molecular complexity index is 973. The molecule has 7 nitrogen and oxygen atoms in total. The summed E-state index contributed by atoms with van der Waals surface area (Å²) >= 11 is 0. The molecule has 2 rings (SSSR count). The van der Waals surface area contributed by atoms with Gasteiger partial charge in [-0.3, -0.25) is 14.4 Å². The SMILES string of the molecule is CC(=O)NCCCCc1ccc(C#Cc2ccc(C(=O)N[C@@H](CN)C(=O)CO)cc2)cc1. The summed E-state index contributed by atoms with van der Waals surface area (Å²) in [4.78, 5) is 34.6. The van der Waals surface area contributed by atoms with Gasteiger partial charge in [0.1, 0.15) is 12.6 Å². The highest BCUT2D eigenvalue weighted by molar-refractivity contribution is 5.98. The molecule has 0 unspecified atom stereocenters. The molecule has 5 N–H and O–H groups in total. The van der Waals surface area contributed by atoms with Crippen LogP contribution in [-0.4, -0.2) is 48.4 Å². The zero-order valence-electron chi connectivity index (χ0n) is 18.2. The highest BCUT2D eigenvalue weighted by Gasteiger charge is 2.18. The quantitative estimate of drug-likeness (QED) is 0.330. The number of hydrogen-bond acceptors (Lipinski definition) is 5. The molecule has 0 saturated heterocycles. The standard InChI is InChI=1S/C25H29N3O4/c1-18(30)27-15-3-2-4-19-5-7-20(8-6-19)9-10-21-11-13-22(14-12-21)25(32)28-23(16-26)24(31)17-29/h5-8,11-14,23,29H,2-4,15-17,26H2,1H3,(H,27,30)(H,28,32)/t23-/m0/s1. The molecule has 0 fully saturated rings. The lowest BCUT2D eigenvalue weighted by molar-refractivity contribution is -0.123. The summed E-state index contributed by atoms with van der Waals surface area (Å²) in [5.41, 5.74) is 8.72. The molecule has 0 aliphatic heterocycles. The molecule has 0 aliphatic carbocycles. The number of rotatable bonds is 10. The average Bonchev–Trinajstić information content (AvgIpc) is 2.81. The van der Waals surface area contributed by atoms with Gasteiger partial charge < -0.3 is 21.5 Å². The van der Waals surface area contributed by atoms with Crippen LogP contribution in [0.25, 0.3) is 0 Å². The minimum Gasteiger partial charge on any atom is -0.388 e. The molecule has 168 valence electrons. The Morgan fingerprint density at radius 1 is 0.969 bits per heavy atom. The molecule has 2 aromatic carbocycles. The summed E-state index contributed by atoms with van der Waals surface area (Å²) in [7, 11) is 0. The van der Waals surface area contributed by atoms with Gasteiger partial charge in [-0.25, -0.2) is 0 Å². The largest absolute Gasteiger partial charge is 0.388 e. The van der Waals surface area contributed by atoms with E-state index in [1.807, 2.05) is 12.1 Å². The van der Waals surface area contributed by atoms with E-state index in [4.69, 9.17) is 10.8 Å². The predicted molar refractivity (Wildman–Crippen MR) is 123 cm³/mol. The number of nitrogens with one attached hydrogen (secondary N) is 2. The average molecular weight is 436 g/mol. The summed E-state index contributed by atoms with van der Waals surface area (Å²) in [5, 5.41) is 14.2. The first-order chi connectivity index (χ1) is 15.4. The van der Waals surface area contributed by atoms with Gasteiger partial charge in [-0.2, -0.15) is 0 Å². The van der Waals surface area contributed by atoms with Crippen LogP contribution in [0, 0.1) is 11.8 Å². The number of Topliss-reactive ketones (excluding diaryl/α,β-unsaturated/α-hetero) is 1. The molecule has 0 bridgehead atoms. The molecule has 7 heteroatoms. The van der Waals surface area contributed by atoms with Gasteiger partial charge in [0, 0.05) is 36.7 Å². The number of aryl methyl sites for hydroxylation is 1. The summed E-state index contributed by atoms with van der Waals surface area (Å²) < 4.78 is 0. The van der Waals surface area contributed by atoms with E-state index in [2.05, 4.69) is 34.6 Å². The molecule has 0 radical (unpaired) electrons. The van der Waals surface area contributed by atoms with E-state index >= 15 is 0 Å². The van der Waals surface area contributed by atoms with E-state index in [9.17, 15) is 14.4 Å². The van der Waals surface area contributed by atoms with E-state index in [-0.39, 0.29) is 12.5 Å². The number of carbonyl (C=O) groups is 3. The molecule has 2 aromatic rings. The first kappa shape index (κ1) is 24.8. The monoisotopic (exact) mass is 435 g/mol. The number of hydrogen-bond donors (Lipinski definition) is 4. The molecule has 0 spiro atoms. The van der Waals surface area contributed by atoms with Crippen molar-refractivity contribution in [2.75, 3.05) is 19.7 Å². The van der Waals surface area contributed by atoms with E-state index < -0.39 is 24.3 Å². The van der Waals surface area contributed by atoms with Crippen molar-refractivity contribution in [1.29, 1.82) is 0 Å². The van der Waals surface area contributed by atoms with Crippen LogP contribution in [0.2, 0.25) is 0 Å². The Kier molecular flexibility index (Phi) is 10.1. The Morgan fingerprint density at radius 2 is 1.56 bits per heavy atom. The van der Waals surface area contributed by atoms with Gasteiger partial charge in [0.25, 0.3) is 5.91 Å². The van der Waals surface area contributed by atoms with Crippen molar-refractivity contribution in [1.82, 2.24) is 10.6 Å². The van der Waals surface area contributed by atoms with Crippen LogP contribution in [0.5, 0.6) is 0 Å². The van der Waals surface area contributed by atoms with Crippen LogP contribution in [0.15, 0.2) is 48.5 Å². The van der Waals surface area contributed by atoms with Crippen LogP contribution in [0.3, 0.4) is 0 Å². The smallest absolute Gasteiger partial charge is 0.251 e. The van der Waals surface area contributed by atoms with Gasteiger partial charge in [-0.05, 0) is 61.2 Å². The maximum atomic E-state index is 12.2. The first-order valence-corrected chi connectivity index (χ1v) is 10.5. The van der Waals surface area contributed by atoms with Crippen molar-refractivity contribution in [3.05, 3.63) is 70.8 Å². The summed E-state index contributed by atoms with van der Waals surface area (Å²) in [6, 6.07) is 13.9. The zero-order valence-corrected chi connectivity index (χ0v) is 18.2. The third-order valence-corrected chi connectivity index (χ3v) is 4.80. The summed E-state index contributed by atoms with van der Waals surface area (Å²) in [5.74, 6) is 5.21. The first-order valence-electron chi connectivity index (χ1n) is 10.5. The normalized spacial score (nSPS) is 11.1. The lowest BCUT2D eigenvalue weighted by Gasteiger charge is -2.14. The molecular formula is C25H29N3O4. The van der Waals surface area contributed by atoms with E-state index in [1.54, 1.807) is 24.3 Å². The predicted octanol–water partition coefficient (Wildman–Crippen LogP) is 1.16. The number of aliphatic hydroxyl groups is 1. The minimum absolute atomic E-state index is 0.000560. The summed E-state index contributed by atoms with van der Waals surface area (Å²) in [6.45, 7) is 1.47. The van der Waals surface area contributed by atoms with E-state index in [0.717, 1.165) is 30.4 Å². The number of amides is 2. The fraction of sp³-hybridized carbons (Fsp3) is 0.320. The zero-order chi connectivity index (χ0) is 23.3. The van der Waals surface area contributed by atoms with Crippen LogP contribution in [0.1, 0.15) is 46.8 Å². The second kappa shape index (κ2) is 13.1. The van der Waals surface area contributed by atoms with Gasteiger partial charge in [-0.15, -0.1) is 0 Å². The van der Waals surface area contributed by atoms with Crippen LogP contribution >= 0.6 is 0 Å². The van der Waals surface area contributed by atoms with Crippen molar-refractivity contribution in [2.24, 2.45) is 5.73 Å². The van der Waals surface area contributed by atoms with Crippen LogP contribution < -0.4 is 16.4 Å². The summed E-state index contributed by atoms with van der Waals surface area (Å²) in [6.07, 6.45) is 2.90. The Morgan fingerprint density at radius 3 is 2.09 bits per heavy atom. The fourth-order valence-corrected chi connectivity index (χ4v) is 2.95. The number of unbranched alkanes of at least 4 members (excludes halogenated alkanes) is 1. The van der Waals surface area contributed by atoms with Crippen molar-refractivity contribution >= 4 is 17.6 Å². The minimum atomic E-state index is -0.910. The van der Waals surface area contributed by atoms with Gasteiger partial charge in [0.05, 0.1) is 0 Å². The van der Waals surface area contributed by atoms with E-state index in [0.29, 0.717) is 12.1 Å². The lowest BCUT2D eigenvalue weighted by Crippen LogP contribution is -2.46. The Labute approximate surface area is 188 Å². The molecule has 0 aliphatic rings. The van der Waals surface area contributed by atoms with Gasteiger partial charge in [-0.1, -0.05) is 24.0 Å². The molecule has 2 amide bonds. The third kappa shape index (κ3) is 8.34. The van der Waals surface area contributed by atoms with Crippen LogP contribution in [-0.2, 0) is 16.0 Å². The second-order valence-electron chi connectivity index (χ2n) is 7.35. The molecule has 32 heavy (non-hydrogen) atoms. The Hall–Kier alpha value is -3.47. The topological polar surface area (TPSA) is 122 Å². The van der Waals surface area contributed by atoms with Gasteiger partial charge in [0.2, 0.25) is 5.91 Å². The van der Waals surface area contributed by atoms with Gasteiger partial charge in [0.15, 0.2) is 5.78 Å². The van der Waals surface area contributed by atoms with Crippen molar-refractivity contribution in [3.63, 3.8) is 0 Å². The fourth-order valence-electron chi connectivity index (χ4n) is 2.95. The molecule has 0 saturated carbocycles. The van der Waals surface area contributed by atoms with Crippen molar-refractivity contribution < 1.29 is 19.5 Å². The third-order valence-electron chi connectivity index (χ3n) is 4.80. The highest BCUT2D eigenvalue weighted by Crippen LogP contribution is 2.08. The molecule has 1 atom stereocenters. The Balaban J connectivity index is 1.89. The molecule has 0 heterocycles. The number of nitrogens with two attached hydrogens (primary N) is 1. The lowest BCUT2D eigenvalue weighted by atomic mass is 10.1. The maximum Gasteiger partial charge on any atom is 0.251 e. The second-order valence-corrected chi connectivity index (χ2v) is 7.35. The number of carbonyl (C=O) groups excluding carboxylic acids is 3. The molecule has 0 aromatic heterocycles. The number of aliphatic hydroxyl groups excluding tert-OH is 1.